The lowest BCUT2D eigenvalue weighted by Crippen LogP contribution is -2.12. The van der Waals surface area contributed by atoms with Crippen LogP contribution in [0.25, 0.3) is 11.3 Å². The number of nitrogens with two attached hydrogens (primary N) is 1. The fraction of sp³-hybridized carbons (Fsp3) is 0.286. The second kappa shape index (κ2) is 5.71. The molecule has 0 fully saturated rings. The maximum atomic E-state index is 13.1. The Morgan fingerprint density at radius 3 is 2.13 bits per heavy atom. The molecule has 2 N–H and O–H groups in total. The van der Waals surface area contributed by atoms with E-state index < -0.39 is 29.0 Å². The number of nitrogens with zero attached hydrogens (tertiary/aromatic N) is 2. The molecule has 1 aromatic heterocycles. The van der Waals surface area contributed by atoms with Crippen LogP contribution in [0.15, 0.2) is 24.3 Å². The summed E-state index contributed by atoms with van der Waals surface area (Å²) in [5.41, 5.74) is 2.36. The van der Waals surface area contributed by atoms with Gasteiger partial charge in [-0.2, -0.15) is 26.3 Å². The highest BCUT2D eigenvalue weighted by molar-refractivity contribution is 5.67. The quantitative estimate of drug-likeness (QED) is 0.831. The lowest BCUT2D eigenvalue weighted by atomic mass is 9.99. The number of hydrogen-bond acceptors (Lipinski definition) is 3. The van der Waals surface area contributed by atoms with E-state index in [1.807, 2.05) is 0 Å². The normalized spacial score (nSPS) is 12.5. The molecule has 0 aliphatic heterocycles. The van der Waals surface area contributed by atoms with Gasteiger partial charge in [0.25, 0.3) is 0 Å². The van der Waals surface area contributed by atoms with E-state index in [1.165, 1.54) is 6.07 Å². The smallest absolute Gasteiger partial charge is 0.368 e. The Labute approximate surface area is 127 Å². The largest absolute Gasteiger partial charge is 0.417 e. The Balaban J connectivity index is 2.74. The van der Waals surface area contributed by atoms with Crippen molar-refractivity contribution in [2.24, 2.45) is 0 Å². The van der Waals surface area contributed by atoms with Crippen molar-refractivity contribution in [3.63, 3.8) is 0 Å². The van der Waals surface area contributed by atoms with Gasteiger partial charge >= 0.3 is 12.4 Å². The van der Waals surface area contributed by atoms with Crippen molar-refractivity contribution >= 4 is 5.95 Å². The number of hydrogen-bond donors (Lipinski definition) is 1. The molecule has 2 rings (SSSR count). The third-order valence-corrected chi connectivity index (χ3v) is 3.09. The Morgan fingerprint density at radius 1 is 0.957 bits per heavy atom. The van der Waals surface area contributed by atoms with Gasteiger partial charge in [0.15, 0.2) is 0 Å². The van der Waals surface area contributed by atoms with Gasteiger partial charge in [0, 0.05) is 11.3 Å². The molecule has 0 atom stereocenters. The summed E-state index contributed by atoms with van der Waals surface area (Å²) in [7, 11) is 0. The summed E-state index contributed by atoms with van der Waals surface area (Å²) >= 11 is 0. The first-order chi connectivity index (χ1) is 10.5. The Kier molecular flexibility index (Phi) is 4.23. The van der Waals surface area contributed by atoms with Gasteiger partial charge in [-0.05, 0) is 30.7 Å². The molecule has 1 heterocycles. The number of alkyl halides is 6. The minimum Gasteiger partial charge on any atom is -0.368 e. The number of aryl methyl sites for hydroxylation is 1. The van der Waals surface area contributed by atoms with Gasteiger partial charge in [-0.25, -0.2) is 9.97 Å². The average molecular weight is 335 g/mol. The first kappa shape index (κ1) is 17.0. The SMILES string of the molecule is CCc1cc(-c2cc(C(F)(F)F)ccc2C(F)(F)F)nc(N)n1. The molecule has 0 bridgehead atoms. The van der Waals surface area contributed by atoms with Gasteiger partial charge in [-0.1, -0.05) is 6.92 Å². The summed E-state index contributed by atoms with van der Waals surface area (Å²) in [6.45, 7) is 1.68. The number of halogens is 6. The molecule has 9 heteroatoms. The maximum Gasteiger partial charge on any atom is 0.417 e. The number of rotatable bonds is 2. The van der Waals surface area contributed by atoms with E-state index in [1.54, 1.807) is 6.92 Å². The van der Waals surface area contributed by atoms with Crippen LogP contribution in [0.3, 0.4) is 0 Å². The van der Waals surface area contributed by atoms with Crippen molar-refractivity contribution in [2.75, 3.05) is 5.73 Å². The van der Waals surface area contributed by atoms with E-state index in [0.29, 0.717) is 30.3 Å². The highest BCUT2D eigenvalue weighted by Crippen LogP contribution is 2.40. The predicted octanol–water partition coefficient (Wildman–Crippen LogP) is 4.33. The average Bonchev–Trinajstić information content (AvgIpc) is 2.44. The molecule has 124 valence electrons. The highest BCUT2D eigenvalue weighted by atomic mass is 19.4. The predicted molar refractivity (Wildman–Crippen MR) is 71.3 cm³/mol. The molecule has 0 unspecified atom stereocenters. The van der Waals surface area contributed by atoms with Crippen LogP contribution in [0.5, 0.6) is 0 Å². The molecule has 1 aromatic carbocycles. The van der Waals surface area contributed by atoms with Gasteiger partial charge in [0.1, 0.15) is 0 Å². The summed E-state index contributed by atoms with van der Waals surface area (Å²) in [6.07, 6.45) is -9.25. The maximum absolute atomic E-state index is 13.1. The van der Waals surface area contributed by atoms with Gasteiger partial charge in [0.2, 0.25) is 5.95 Å². The Bertz CT molecular complexity index is 721. The van der Waals surface area contributed by atoms with Crippen LogP contribution in [0.4, 0.5) is 32.3 Å². The van der Waals surface area contributed by atoms with Crippen LogP contribution in [0, 0.1) is 0 Å². The summed E-state index contributed by atoms with van der Waals surface area (Å²) in [6, 6.07) is 2.39. The fourth-order valence-electron chi connectivity index (χ4n) is 2.02. The van der Waals surface area contributed by atoms with E-state index in [0.717, 1.165) is 0 Å². The van der Waals surface area contributed by atoms with E-state index in [-0.39, 0.29) is 11.6 Å². The third kappa shape index (κ3) is 3.72. The van der Waals surface area contributed by atoms with Crippen molar-refractivity contribution in [1.82, 2.24) is 9.97 Å². The zero-order valence-electron chi connectivity index (χ0n) is 11.8. The van der Waals surface area contributed by atoms with E-state index in [2.05, 4.69) is 9.97 Å². The summed E-state index contributed by atoms with van der Waals surface area (Å²) in [4.78, 5) is 7.45. The number of benzene rings is 1. The van der Waals surface area contributed by atoms with E-state index in [9.17, 15) is 26.3 Å². The summed E-state index contributed by atoms with van der Waals surface area (Å²) < 4.78 is 77.7. The third-order valence-electron chi connectivity index (χ3n) is 3.09. The van der Waals surface area contributed by atoms with Crippen LogP contribution in [0.1, 0.15) is 23.7 Å². The summed E-state index contributed by atoms with van der Waals surface area (Å²) in [5.74, 6) is -0.301. The molecule has 0 aliphatic carbocycles. The minimum atomic E-state index is -4.83. The molecule has 0 spiro atoms. The van der Waals surface area contributed by atoms with Crippen LogP contribution < -0.4 is 5.73 Å². The standard InChI is InChI=1S/C14H11F6N3/c1-2-8-6-11(23-12(21)22-8)9-5-7(13(15,16)17)3-4-10(9)14(18,19)20/h3-6H,2H2,1H3,(H2,21,22,23). The van der Waals surface area contributed by atoms with Crippen molar-refractivity contribution in [2.45, 2.75) is 25.7 Å². The zero-order chi connectivity index (χ0) is 17.4. The van der Waals surface area contributed by atoms with Crippen molar-refractivity contribution < 1.29 is 26.3 Å². The second-order valence-electron chi connectivity index (χ2n) is 4.71. The molecule has 23 heavy (non-hydrogen) atoms. The van der Waals surface area contributed by atoms with Crippen molar-refractivity contribution in [3.8, 4) is 11.3 Å². The first-order valence-electron chi connectivity index (χ1n) is 6.44. The minimum absolute atomic E-state index is 0.298. The molecule has 0 aliphatic rings. The second-order valence-corrected chi connectivity index (χ2v) is 4.71. The molecule has 0 amide bonds. The zero-order valence-corrected chi connectivity index (χ0v) is 11.8. The lowest BCUT2D eigenvalue weighted by Gasteiger charge is -2.16. The van der Waals surface area contributed by atoms with Crippen molar-refractivity contribution in [1.29, 1.82) is 0 Å². The fourth-order valence-corrected chi connectivity index (χ4v) is 2.02. The van der Waals surface area contributed by atoms with Crippen LogP contribution >= 0.6 is 0 Å². The van der Waals surface area contributed by atoms with Gasteiger partial charge in [0.05, 0.1) is 16.8 Å². The number of anilines is 1. The first-order valence-corrected chi connectivity index (χ1v) is 6.44. The molecule has 0 saturated heterocycles. The van der Waals surface area contributed by atoms with Gasteiger partial charge in [-0.15, -0.1) is 0 Å². The molecular formula is C14H11F6N3. The molecular weight excluding hydrogens is 324 g/mol. The Hall–Kier alpha value is -2.32. The van der Waals surface area contributed by atoms with Gasteiger partial charge < -0.3 is 5.73 Å². The molecule has 0 radical (unpaired) electrons. The van der Waals surface area contributed by atoms with Crippen LogP contribution in [-0.2, 0) is 18.8 Å². The lowest BCUT2D eigenvalue weighted by molar-refractivity contribution is -0.141. The summed E-state index contributed by atoms with van der Waals surface area (Å²) in [5, 5.41) is 0. The van der Waals surface area contributed by atoms with Crippen LogP contribution in [-0.4, -0.2) is 9.97 Å². The number of aromatic nitrogens is 2. The van der Waals surface area contributed by atoms with Crippen molar-refractivity contribution in [3.05, 3.63) is 41.1 Å². The highest BCUT2D eigenvalue weighted by Gasteiger charge is 2.37. The van der Waals surface area contributed by atoms with E-state index >= 15 is 0 Å². The van der Waals surface area contributed by atoms with Crippen LogP contribution in [0.2, 0.25) is 0 Å². The molecule has 3 nitrogen and oxygen atoms in total. The van der Waals surface area contributed by atoms with Gasteiger partial charge in [-0.3, -0.25) is 0 Å². The topological polar surface area (TPSA) is 51.8 Å². The molecule has 2 aromatic rings. The number of nitrogen functional groups attached to an aromatic ring is 1. The van der Waals surface area contributed by atoms with E-state index in [4.69, 9.17) is 5.73 Å². The Morgan fingerprint density at radius 2 is 1.61 bits per heavy atom. The molecule has 0 saturated carbocycles. The monoisotopic (exact) mass is 335 g/mol.